The van der Waals surface area contributed by atoms with Gasteiger partial charge in [-0.15, -0.1) is 10.2 Å². The Labute approximate surface area is 188 Å². The highest BCUT2D eigenvalue weighted by molar-refractivity contribution is 5.89. The van der Waals surface area contributed by atoms with Crippen molar-refractivity contribution in [2.45, 2.75) is 38.8 Å². The molecule has 0 saturated carbocycles. The van der Waals surface area contributed by atoms with Crippen molar-refractivity contribution in [2.75, 3.05) is 45.7 Å². The maximum Gasteiger partial charge on any atom is 0.322 e. The second-order valence-corrected chi connectivity index (χ2v) is 8.37. The minimum Gasteiger partial charge on any atom is -0.494 e. The van der Waals surface area contributed by atoms with Crippen molar-refractivity contribution in [3.63, 3.8) is 0 Å². The van der Waals surface area contributed by atoms with E-state index in [4.69, 9.17) is 4.74 Å². The van der Waals surface area contributed by atoms with Crippen LogP contribution in [0, 0.1) is 0 Å². The van der Waals surface area contributed by atoms with Gasteiger partial charge in [0.15, 0.2) is 5.82 Å². The highest BCUT2D eigenvalue weighted by Crippen LogP contribution is 2.29. The van der Waals surface area contributed by atoms with E-state index in [1.165, 1.54) is 0 Å². The molecule has 0 atom stereocenters. The van der Waals surface area contributed by atoms with Crippen LogP contribution in [0.5, 0.6) is 5.75 Å². The van der Waals surface area contributed by atoms with Crippen molar-refractivity contribution in [2.24, 2.45) is 0 Å². The lowest BCUT2D eigenvalue weighted by molar-refractivity contribution is 0.154. The molecule has 172 valence electrons. The number of nitrogens with one attached hydrogen (secondary N) is 1. The fourth-order valence-corrected chi connectivity index (χ4v) is 4.27. The fourth-order valence-electron chi connectivity index (χ4n) is 4.27. The molecule has 4 rings (SSSR count). The van der Waals surface area contributed by atoms with E-state index < -0.39 is 0 Å². The van der Waals surface area contributed by atoms with Gasteiger partial charge in [-0.2, -0.15) is 0 Å². The molecule has 3 heterocycles. The van der Waals surface area contributed by atoms with E-state index in [0.29, 0.717) is 26.2 Å². The quantitative estimate of drug-likeness (QED) is 0.787. The first-order valence-corrected chi connectivity index (χ1v) is 11.1. The maximum absolute atomic E-state index is 12.7. The van der Waals surface area contributed by atoms with E-state index in [1.54, 1.807) is 23.9 Å². The molecule has 4 amide bonds. The van der Waals surface area contributed by atoms with Crippen LogP contribution in [-0.4, -0.2) is 81.9 Å². The molecule has 0 radical (unpaired) electrons. The topological polar surface area (TPSA) is 95.8 Å². The van der Waals surface area contributed by atoms with E-state index in [9.17, 15) is 9.59 Å². The van der Waals surface area contributed by atoms with E-state index in [1.807, 2.05) is 36.1 Å². The van der Waals surface area contributed by atoms with E-state index >= 15 is 0 Å². The third-order valence-corrected chi connectivity index (χ3v) is 6.00. The average Bonchev–Trinajstić information content (AvgIpc) is 3.23. The van der Waals surface area contributed by atoms with Crippen LogP contribution >= 0.6 is 0 Å². The Morgan fingerprint density at radius 1 is 1.06 bits per heavy atom. The van der Waals surface area contributed by atoms with Crippen molar-refractivity contribution in [3.8, 4) is 5.75 Å². The summed E-state index contributed by atoms with van der Waals surface area (Å²) in [5.41, 5.74) is 0.727. The third kappa shape index (κ3) is 4.63. The lowest BCUT2D eigenvalue weighted by atomic mass is 9.96. The summed E-state index contributed by atoms with van der Waals surface area (Å²) in [4.78, 5) is 30.2. The van der Waals surface area contributed by atoms with E-state index in [2.05, 4.69) is 20.1 Å². The molecule has 1 saturated heterocycles. The molecule has 10 nitrogen and oxygen atoms in total. The van der Waals surface area contributed by atoms with Crippen molar-refractivity contribution in [3.05, 3.63) is 35.9 Å². The molecule has 1 aromatic heterocycles. The smallest absolute Gasteiger partial charge is 0.322 e. The van der Waals surface area contributed by atoms with E-state index in [-0.39, 0.29) is 18.0 Å². The first kappa shape index (κ1) is 21.9. The van der Waals surface area contributed by atoms with Crippen LogP contribution in [0.3, 0.4) is 0 Å². The molecule has 2 aliphatic heterocycles. The molecule has 10 heteroatoms. The van der Waals surface area contributed by atoms with Gasteiger partial charge in [0.1, 0.15) is 11.6 Å². The van der Waals surface area contributed by atoms with Crippen molar-refractivity contribution in [1.82, 2.24) is 29.5 Å². The van der Waals surface area contributed by atoms with Crippen LogP contribution in [-0.2, 0) is 13.1 Å². The van der Waals surface area contributed by atoms with Gasteiger partial charge >= 0.3 is 12.1 Å². The van der Waals surface area contributed by atoms with Gasteiger partial charge in [0, 0.05) is 51.9 Å². The van der Waals surface area contributed by atoms with Gasteiger partial charge in [-0.3, -0.25) is 0 Å². The molecule has 2 aromatic rings. The van der Waals surface area contributed by atoms with Gasteiger partial charge in [-0.1, -0.05) is 0 Å². The van der Waals surface area contributed by atoms with Crippen LogP contribution in [0.2, 0.25) is 0 Å². The second kappa shape index (κ2) is 9.46. The number of fused-ring (bicyclic) bond motifs is 1. The Kier molecular flexibility index (Phi) is 6.48. The Balaban J connectivity index is 1.34. The Bertz CT molecular complexity index is 949. The van der Waals surface area contributed by atoms with Gasteiger partial charge in [0.05, 0.1) is 13.2 Å². The van der Waals surface area contributed by atoms with Gasteiger partial charge in [-0.25, -0.2) is 9.59 Å². The number of carbonyl (C=O) groups excluding carboxylic acids is 2. The summed E-state index contributed by atoms with van der Waals surface area (Å²) in [6.07, 6.45) is 1.75. The number of aromatic nitrogens is 3. The van der Waals surface area contributed by atoms with Crippen molar-refractivity contribution in [1.29, 1.82) is 0 Å². The molecule has 1 aromatic carbocycles. The Hall–Kier alpha value is -3.30. The summed E-state index contributed by atoms with van der Waals surface area (Å²) in [5, 5.41) is 11.8. The average molecular weight is 442 g/mol. The molecular weight excluding hydrogens is 410 g/mol. The number of anilines is 1. The third-order valence-electron chi connectivity index (χ3n) is 6.00. The molecule has 1 N–H and O–H groups in total. The number of likely N-dealkylation sites (tertiary alicyclic amines) is 1. The highest BCUT2D eigenvalue weighted by Gasteiger charge is 2.31. The zero-order valence-electron chi connectivity index (χ0n) is 19.0. The van der Waals surface area contributed by atoms with Crippen LogP contribution < -0.4 is 10.1 Å². The number of hydrogen-bond donors (Lipinski definition) is 1. The summed E-state index contributed by atoms with van der Waals surface area (Å²) >= 11 is 0. The molecule has 1 fully saturated rings. The molecule has 0 unspecified atom stereocenters. The molecule has 0 bridgehead atoms. The molecule has 0 spiro atoms. The monoisotopic (exact) mass is 441 g/mol. The van der Waals surface area contributed by atoms with Crippen LogP contribution in [0.25, 0.3) is 0 Å². The Morgan fingerprint density at radius 2 is 1.78 bits per heavy atom. The van der Waals surface area contributed by atoms with Crippen LogP contribution in [0.4, 0.5) is 15.3 Å². The van der Waals surface area contributed by atoms with Gasteiger partial charge in [0.2, 0.25) is 0 Å². The standard InChI is InChI=1S/C22H31N7O3/c1-4-32-18-7-5-17(6-8-18)23-21(30)28-13-14-29-19(15-28)24-25-20(29)16-9-11-27(12-10-16)22(31)26(2)3/h5-8,16H,4,9-15H2,1-3H3,(H,23,30). The number of hydrogen-bond acceptors (Lipinski definition) is 5. The highest BCUT2D eigenvalue weighted by atomic mass is 16.5. The molecule has 32 heavy (non-hydrogen) atoms. The fraction of sp³-hybridized carbons (Fsp3) is 0.545. The number of rotatable bonds is 4. The number of ether oxygens (including phenoxy) is 1. The van der Waals surface area contributed by atoms with Crippen molar-refractivity contribution >= 4 is 17.7 Å². The molecule has 2 aliphatic rings. The number of carbonyl (C=O) groups is 2. The lowest BCUT2D eigenvalue weighted by Crippen LogP contribution is -2.44. The lowest BCUT2D eigenvalue weighted by Gasteiger charge is -2.34. The largest absolute Gasteiger partial charge is 0.494 e. The predicted molar refractivity (Wildman–Crippen MR) is 120 cm³/mol. The van der Waals surface area contributed by atoms with Gasteiger partial charge in [-0.05, 0) is 44.0 Å². The summed E-state index contributed by atoms with van der Waals surface area (Å²) in [7, 11) is 3.56. The van der Waals surface area contributed by atoms with Crippen LogP contribution in [0.1, 0.15) is 37.3 Å². The zero-order valence-corrected chi connectivity index (χ0v) is 19.0. The normalized spacial score (nSPS) is 16.5. The summed E-state index contributed by atoms with van der Waals surface area (Å²) in [6.45, 7) is 5.68. The van der Waals surface area contributed by atoms with Crippen molar-refractivity contribution < 1.29 is 14.3 Å². The zero-order chi connectivity index (χ0) is 22.7. The minimum atomic E-state index is -0.152. The number of nitrogens with zero attached hydrogens (tertiary/aromatic N) is 6. The van der Waals surface area contributed by atoms with Gasteiger partial charge in [0.25, 0.3) is 0 Å². The number of urea groups is 2. The first-order valence-electron chi connectivity index (χ1n) is 11.1. The van der Waals surface area contributed by atoms with Crippen LogP contribution in [0.15, 0.2) is 24.3 Å². The first-order chi connectivity index (χ1) is 15.5. The van der Waals surface area contributed by atoms with Gasteiger partial charge < -0.3 is 29.3 Å². The maximum atomic E-state index is 12.7. The number of amides is 4. The summed E-state index contributed by atoms with van der Waals surface area (Å²) in [5.74, 6) is 2.84. The summed E-state index contributed by atoms with van der Waals surface area (Å²) < 4.78 is 7.59. The minimum absolute atomic E-state index is 0.0564. The van der Waals surface area contributed by atoms with E-state index in [0.717, 1.165) is 49.0 Å². The SMILES string of the molecule is CCOc1ccc(NC(=O)N2CCn3c(nnc3C3CCN(C(=O)N(C)C)CC3)C2)cc1. The number of piperidine rings is 1. The predicted octanol–water partition coefficient (Wildman–Crippen LogP) is 2.59. The molecule has 0 aliphatic carbocycles. The second-order valence-electron chi connectivity index (χ2n) is 8.37. The Morgan fingerprint density at radius 3 is 2.44 bits per heavy atom. The summed E-state index contributed by atoms with van der Waals surface area (Å²) in [6, 6.07) is 7.26. The molecular formula is C22H31N7O3. The number of benzene rings is 1.